The summed E-state index contributed by atoms with van der Waals surface area (Å²) in [7, 11) is 1.30. The third kappa shape index (κ3) is 5.91. The number of carbonyl (C=O) groups is 2. The zero-order valence-electron chi connectivity index (χ0n) is 13.6. The molecule has 0 aromatic carbocycles. The van der Waals surface area contributed by atoms with Crippen molar-refractivity contribution < 1.29 is 24.2 Å². The maximum Gasteiger partial charge on any atom is 0.408 e. The lowest BCUT2D eigenvalue weighted by Gasteiger charge is -2.36. The topological polar surface area (TPSA) is 84.9 Å². The lowest BCUT2D eigenvalue weighted by molar-refractivity contribution is -0.145. The first-order valence-electron chi connectivity index (χ1n) is 7.34. The van der Waals surface area contributed by atoms with Crippen molar-refractivity contribution in [2.75, 3.05) is 7.11 Å². The van der Waals surface area contributed by atoms with Crippen molar-refractivity contribution in [3.05, 3.63) is 0 Å². The summed E-state index contributed by atoms with van der Waals surface area (Å²) in [6.45, 7) is 7.07. The molecule has 1 fully saturated rings. The van der Waals surface area contributed by atoms with Gasteiger partial charge < -0.3 is 19.9 Å². The van der Waals surface area contributed by atoms with Gasteiger partial charge in [0.2, 0.25) is 0 Å². The summed E-state index contributed by atoms with van der Waals surface area (Å²) >= 11 is 0. The summed E-state index contributed by atoms with van der Waals surface area (Å²) in [6.07, 6.45) is 1.88. The van der Waals surface area contributed by atoms with E-state index < -0.39 is 29.3 Å². The number of aliphatic hydroxyl groups is 1. The van der Waals surface area contributed by atoms with E-state index >= 15 is 0 Å². The molecule has 1 saturated carbocycles. The molecule has 2 N–H and O–H groups in total. The van der Waals surface area contributed by atoms with E-state index in [4.69, 9.17) is 9.47 Å². The molecular weight excluding hydrogens is 274 g/mol. The van der Waals surface area contributed by atoms with Crippen molar-refractivity contribution >= 4 is 12.1 Å². The van der Waals surface area contributed by atoms with Crippen LogP contribution < -0.4 is 5.32 Å². The van der Waals surface area contributed by atoms with Gasteiger partial charge in [-0.15, -0.1) is 0 Å². The van der Waals surface area contributed by atoms with Gasteiger partial charge >= 0.3 is 12.1 Å². The van der Waals surface area contributed by atoms with Gasteiger partial charge in [0.1, 0.15) is 11.6 Å². The summed E-state index contributed by atoms with van der Waals surface area (Å²) < 4.78 is 9.96. The number of methoxy groups -OCH3 is 1. The maximum absolute atomic E-state index is 11.9. The molecule has 6 heteroatoms. The van der Waals surface area contributed by atoms with Crippen molar-refractivity contribution in [2.45, 2.75) is 70.6 Å². The van der Waals surface area contributed by atoms with E-state index in [1.807, 2.05) is 0 Å². The molecule has 0 aliphatic heterocycles. The highest BCUT2D eigenvalue weighted by Gasteiger charge is 2.37. The van der Waals surface area contributed by atoms with Gasteiger partial charge in [-0.2, -0.15) is 0 Å². The Morgan fingerprint density at radius 2 is 1.81 bits per heavy atom. The number of rotatable bonds is 3. The quantitative estimate of drug-likeness (QED) is 0.779. The highest BCUT2D eigenvalue weighted by Crippen LogP contribution is 2.33. The lowest BCUT2D eigenvalue weighted by Crippen LogP contribution is -2.50. The van der Waals surface area contributed by atoms with Gasteiger partial charge in [0.25, 0.3) is 0 Å². The van der Waals surface area contributed by atoms with E-state index in [2.05, 4.69) is 5.32 Å². The van der Waals surface area contributed by atoms with Crippen molar-refractivity contribution in [3.8, 4) is 0 Å². The van der Waals surface area contributed by atoms with E-state index in [0.717, 1.165) is 0 Å². The van der Waals surface area contributed by atoms with Gasteiger partial charge in [-0.1, -0.05) is 0 Å². The first kappa shape index (κ1) is 17.8. The number of nitrogens with one attached hydrogen (secondary N) is 1. The summed E-state index contributed by atoms with van der Waals surface area (Å²) in [4.78, 5) is 23.8. The monoisotopic (exact) mass is 301 g/mol. The summed E-state index contributed by atoms with van der Waals surface area (Å²) in [6, 6.07) is -0.735. The van der Waals surface area contributed by atoms with Crippen molar-refractivity contribution in [3.63, 3.8) is 0 Å². The van der Waals surface area contributed by atoms with Crippen molar-refractivity contribution in [1.29, 1.82) is 0 Å². The van der Waals surface area contributed by atoms with Gasteiger partial charge in [-0.05, 0) is 59.3 Å². The Bertz CT molecular complexity index is 376. The van der Waals surface area contributed by atoms with E-state index in [-0.39, 0.29) is 5.92 Å². The minimum absolute atomic E-state index is 0.0507. The number of carbonyl (C=O) groups excluding carboxylic acids is 2. The summed E-state index contributed by atoms with van der Waals surface area (Å²) in [5.74, 6) is -0.530. The Labute approximate surface area is 126 Å². The number of ether oxygens (including phenoxy) is 2. The molecule has 0 aromatic rings. The molecule has 1 atom stereocenters. The Morgan fingerprint density at radius 3 is 2.24 bits per heavy atom. The zero-order valence-corrected chi connectivity index (χ0v) is 13.6. The van der Waals surface area contributed by atoms with Crippen LogP contribution in [0, 0.1) is 5.92 Å². The fourth-order valence-corrected chi connectivity index (χ4v) is 2.53. The van der Waals surface area contributed by atoms with Gasteiger partial charge in [0, 0.05) is 0 Å². The maximum atomic E-state index is 11.9. The Morgan fingerprint density at radius 1 is 1.29 bits per heavy atom. The van der Waals surface area contributed by atoms with Crippen LogP contribution in [-0.2, 0) is 14.3 Å². The van der Waals surface area contributed by atoms with Crippen LogP contribution >= 0.6 is 0 Å². The van der Waals surface area contributed by atoms with Crippen LogP contribution in [0.5, 0.6) is 0 Å². The smallest absolute Gasteiger partial charge is 0.408 e. The van der Waals surface area contributed by atoms with Crippen LogP contribution in [0.25, 0.3) is 0 Å². The molecule has 0 spiro atoms. The molecule has 1 rings (SSSR count). The predicted octanol–water partition coefficient (Wildman–Crippen LogP) is 1.99. The zero-order chi connectivity index (χ0) is 16.3. The van der Waals surface area contributed by atoms with Crippen LogP contribution in [-0.4, -0.2) is 41.5 Å². The van der Waals surface area contributed by atoms with Gasteiger partial charge in [0.15, 0.2) is 0 Å². The highest BCUT2D eigenvalue weighted by atomic mass is 16.6. The first-order chi connectivity index (χ1) is 9.54. The molecule has 0 saturated heterocycles. The van der Waals surface area contributed by atoms with Crippen LogP contribution in [0.4, 0.5) is 4.79 Å². The molecule has 0 radical (unpaired) electrons. The van der Waals surface area contributed by atoms with E-state index in [1.54, 1.807) is 27.7 Å². The normalized spacial score (nSPS) is 27.6. The third-order valence-electron chi connectivity index (χ3n) is 3.71. The standard InChI is InChI=1S/C15H27NO5/c1-14(2,3)21-13(18)16-11(12(17)20-5)10-6-8-15(4,19)9-7-10/h10-11,19H,6-9H2,1-5H3,(H,16,18)/t10?,11-,15?/m0/s1. The lowest BCUT2D eigenvalue weighted by atomic mass is 9.77. The fourth-order valence-electron chi connectivity index (χ4n) is 2.53. The fraction of sp³-hybridized carbons (Fsp3) is 0.867. The minimum Gasteiger partial charge on any atom is -0.467 e. The second-order valence-electron chi connectivity index (χ2n) is 6.98. The Balaban J connectivity index is 2.69. The van der Waals surface area contributed by atoms with Gasteiger partial charge in [-0.3, -0.25) is 0 Å². The molecule has 1 aliphatic rings. The molecule has 0 heterocycles. The SMILES string of the molecule is COC(=O)[C@@H](NC(=O)OC(C)(C)C)C1CCC(C)(O)CC1. The number of alkyl carbamates (subject to hydrolysis) is 1. The first-order valence-corrected chi connectivity index (χ1v) is 7.34. The van der Waals surface area contributed by atoms with Crippen LogP contribution in [0.3, 0.4) is 0 Å². The van der Waals surface area contributed by atoms with Gasteiger partial charge in [0.05, 0.1) is 12.7 Å². The Kier molecular flexibility index (Phi) is 5.61. The summed E-state index contributed by atoms with van der Waals surface area (Å²) in [5.41, 5.74) is -1.32. The van der Waals surface area contributed by atoms with Crippen molar-refractivity contribution in [2.24, 2.45) is 5.92 Å². The molecular formula is C15H27NO5. The average molecular weight is 301 g/mol. The van der Waals surface area contributed by atoms with Crippen molar-refractivity contribution in [1.82, 2.24) is 5.32 Å². The highest BCUT2D eigenvalue weighted by molar-refractivity contribution is 5.81. The predicted molar refractivity (Wildman–Crippen MR) is 77.8 cm³/mol. The molecule has 21 heavy (non-hydrogen) atoms. The number of amides is 1. The second-order valence-corrected chi connectivity index (χ2v) is 6.98. The van der Waals surface area contributed by atoms with E-state index in [0.29, 0.717) is 25.7 Å². The second kappa shape index (κ2) is 6.64. The third-order valence-corrected chi connectivity index (χ3v) is 3.71. The number of hydrogen-bond donors (Lipinski definition) is 2. The van der Waals surface area contributed by atoms with Crippen LogP contribution in [0.15, 0.2) is 0 Å². The molecule has 0 aromatic heterocycles. The summed E-state index contributed by atoms with van der Waals surface area (Å²) in [5, 5.41) is 12.6. The van der Waals surface area contributed by atoms with Crippen LogP contribution in [0.2, 0.25) is 0 Å². The van der Waals surface area contributed by atoms with Crippen LogP contribution in [0.1, 0.15) is 53.4 Å². The number of esters is 1. The molecule has 0 bridgehead atoms. The number of hydrogen-bond acceptors (Lipinski definition) is 5. The van der Waals surface area contributed by atoms with E-state index in [9.17, 15) is 14.7 Å². The minimum atomic E-state index is -0.735. The molecule has 122 valence electrons. The largest absolute Gasteiger partial charge is 0.467 e. The van der Waals surface area contributed by atoms with Gasteiger partial charge in [-0.25, -0.2) is 9.59 Å². The molecule has 6 nitrogen and oxygen atoms in total. The molecule has 0 unspecified atom stereocenters. The average Bonchev–Trinajstić information content (AvgIpc) is 2.33. The van der Waals surface area contributed by atoms with E-state index in [1.165, 1.54) is 7.11 Å². The Hall–Kier alpha value is -1.30. The molecule has 1 aliphatic carbocycles. The molecule has 1 amide bonds.